The van der Waals surface area contributed by atoms with Crippen molar-refractivity contribution >= 4 is 0 Å². The van der Waals surface area contributed by atoms with Gasteiger partial charge in [0.25, 0.3) is 0 Å². The van der Waals surface area contributed by atoms with Gasteiger partial charge in [-0.15, -0.1) is 0 Å². The van der Waals surface area contributed by atoms with E-state index in [2.05, 4.69) is 11.1 Å². The second-order valence-corrected chi connectivity index (χ2v) is 3.79. The lowest BCUT2D eigenvalue weighted by atomic mass is 9.98. The number of imidazole rings is 1. The normalized spacial score (nSPS) is 14.6. The lowest BCUT2D eigenvalue weighted by Gasteiger charge is -2.14. The van der Waals surface area contributed by atoms with Crippen molar-refractivity contribution in [3.05, 3.63) is 18.7 Å². The maximum Gasteiger partial charge on any atom is 0.101 e. The maximum atomic E-state index is 8.69. The number of rotatable bonds is 5. The Morgan fingerprint density at radius 2 is 2.36 bits per heavy atom. The summed E-state index contributed by atoms with van der Waals surface area (Å²) in [7, 11) is 0. The van der Waals surface area contributed by atoms with Gasteiger partial charge in [-0.05, 0) is 26.2 Å². The highest BCUT2D eigenvalue weighted by Crippen LogP contribution is 2.09. The molecule has 0 amide bonds. The van der Waals surface area contributed by atoms with Crippen molar-refractivity contribution in [3.63, 3.8) is 0 Å². The third kappa shape index (κ3) is 3.58. The molecule has 0 bridgehead atoms. The second-order valence-electron chi connectivity index (χ2n) is 3.79. The Kier molecular flexibility index (Phi) is 3.66. The molecule has 1 heterocycles. The van der Waals surface area contributed by atoms with Gasteiger partial charge in [-0.25, -0.2) is 4.98 Å². The summed E-state index contributed by atoms with van der Waals surface area (Å²) < 4.78 is 2.03. The van der Waals surface area contributed by atoms with Crippen LogP contribution >= 0.6 is 0 Å². The van der Waals surface area contributed by atoms with Crippen molar-refractivity contribution in [1.29, 1.82) is 5.26 Å². The molecule has 0 saturated heterocycles. The van der Waals surface area contributed by atoms with E-state index in [0.29, 0.717) is 0 Å². The SMILES string of the molecule is CC(N)(C#N)CCCCn1ccnc1. The Hall–Kier alpha value is -1.34. The van der Waals surface area contributed by atoms with Gasteiger partial charge >= 0.3 is 0 Å². The topological polar surface area (TPSA) is 67.6 Å². The molecule has 1 rings (SSSR count). The molecule has 0 aliphatic rings. The van der Waals surface area contributed by atoms with Crippen LogP contribution in [0.2, 0.25) is 0 Å². The van der Waals surface area contributed by atoms with Gasteiger partial charge in [0.05, 0.1) is 12.4 Å². The summed E-state index contributed by atoms with van der Waals surface area (Å²) in [6, 6.07) is 2.09. The fourth-order valence-corrected chi connectivity index (χ4v) is 1.26. The van der Waals surface area contributed by atoms with E-state index >= 15 is 0 Å². The van der Waals surface area contributed by atoms with Gasteiger partial charge in [0, 0.05) is 18.9 Å². The van der Waals surface area contributed by atoms with E-state index < -0.39 is 5.54 Å². The molecule has 4 nitrogen and oxygen atoms in total. The molecule has 2 N–H and O–H groups in total. The Morgan fingerprint density at radius 1 is 1.57 bits per heavy atom. The van der Waals surface area contributed by atoms with Crippen LogP contribution in [0.15, 0.2) is 18.7 Å². The molecule has 4 heteroatoms. The summed E-state index contributed by atoms with van der Waals surface area (Å²) in [6.07, 6.45) is 8.25. The molecule has 1 aromatic heterocycles. The minimum atomic E-state index is -0.672. The Morgan fingerprint density at radius 3 is 2.93 bits per heavy atom. The van der Waals surface area contributed by atoms with Crippen LogP contribution in [-0.4, -0.2) is 15.1 Å². The summed E-state index contributed by atoms with van der Waals surface area (Å²) in [6.45, 7) is 2.71. The van der Waals surface area contributed by atoms with Crippen LogP contribution in [0.3, 0.4) is 0 Å². The van der Waals surface area contributed by atoms with Crippen LogP contribution in [0.4, 0.5) is 0 Å². The minimum absolute atomic E-state index is 0.672. The van der Waals surface area contributed by atoms with Crippen LogP contribution in [0.25, 0.3) is 0 Å². The van der Waals surface area contributed by atoms with Gasteiger partial charge in [-0.2, -0.15) is 5.26 Å². The van der Waals surface area contributed by atoms with Gasteiger partial charge in [0.2, 0.25) is 0 Å². The lowest BCUT2D eigenvalue weighted by Crippen LogP contribution is -2.33. The number of hydrogen-bond acceptors (Lipinski definition) is 3. The highest BCUT2D eigenvalue weighted by molar-refractivity contribution is 5.00. The molecular weight excluding hydrogens is 176 g/mol. The van der Waals surface area contributed by atoms with Crippen molar-refractivity contribution in [2.75, 3.05) is 0 Å². The Balaban J connectivity index is 2.15. The molecule has 0 spiro atoms. The number of hydrogen-bond donors (Lipinski definition) is 1. The van der Waals surface area contributed by atoms with E-state index in [4.69, 9.17) is 11.0 Å². The zero-order valence-electron chi connectivity index (χ0n) is 8.48. The Bertz CT molecular complexity index is 294. The van der Waals surface area contributed by atoms with Crippen molar-refractivity contribution in [2.24, 2.45) is 5.73 Å². The quantitative estimate of drug-likeness (QED) is 0.715. The number of unbranched alkanes of at least 4 members (excludes halogenated alkanes) is 1. The third-order valence-corrected chi connectivity index (χ3v) is 2.18. The number of nitrogens with zero attached hydrogens (tertiary/aromatic N) is 3. The first-order valence-electron chi connectivity index (χ1n) is 4.80. The molecule has 1 unspecified atom stereocenters. The average molecular weight is 192 g/mol. The average Bonchev–Trinajstić information content (AvgIpc) is 2.65. The fourth-order valence-electron chi connectivity index (χ4n) is 1.26. The van der Waals surface area contributed by atoms with Gasteiger partial charge in [0.1, 0.15) is 5.54 Å². The van der Waals surface area contributed by atoms with E-state index in [9.17, 15) is 0 Å². The van der Waals surface area contributed by atoms with Gasteiger partial charge < -0.3 is 10.3 Å². The van der Waals surface area contributed by atoms with E-state index in [1.54, 1.807) is 19.4 Å². The Labute approximate surface area is 84.4 Å². The van der Waals surface area contributed by atoms with Gasteiger partial charge in [0.15, 0.2) is 0 Å². The van der Waals surface area contributed by atoms with E-state index in [-0.39, 0.29) is 0 Å². The molecule has 0 aromatic carbocycles. The number of nitriles is 1. The molecule has 0 fully saturated rings. The van der Waals surface area contributed by atoms with Crippen LogP contribution in [0, 0.1) is 11.3 Å². The summed E-state index contributed by atoms with van der Waals surface area (Å²) >= 11 is 0. The van der Waals surface area contributed by atoms with Crippen molar-refractivity contribution in [3.8, 4) is 6.07 Å². The molecular formula is C10H16N4. The highest BCUT2D eigenvalue weighted by atomic mass is 15.0. The van der Waals surface area contributed by atoms with Crippen LogP contribution in [0.5, 0.6) is 0 Å². The molecule has 1 atom stereocenters. The zero-order valence-corrected chi connectivity index (χ0v) is 8.48. The summed E-state index contributed by atoms with van der Waals surface area (Å²) in [5.74, 6) is 0. The highest BCUT2D eigenvalue weighted by Gasteiger charge is 2.15. The number of aromatic nitrogens is 2. The summed E-state index contributed by atoms with van der Waals surface area (Å²) in [4.78, 5) is 3.95. The van der Waals surface area contributed by atoms with Crippen LogP contribution < -0.4 is 5.73 Å². The lowest BCUT2D eigenvalue weighted by molar-refractivity contribution is 0.487. The first-order chi connectivity index (χ1) is 6.64. The van der Waals surface area contributed by atoms with Gasteiger partial charge in [-0.3, -0.25) is 0 Å². The predicted molar refractivity (Wildman–Crippen MR) is 54.3 cm³/mol. The predicted octanol–water partition coefficient (Wildman–Crippen LogP) is 1.29. The van der Waals surface area contributed by atoms with Crippen molar-refractivity contribution in [2.45, 2.75) is 38.3 Å². The smallest absolute Gasteiger partial charge is 0.101 e. The summed E-state index contributed by atoms with van der Waals surface area (Å²) in [5.41, 5.74) is 5.02. The maximum absolute atomic E-state index is 8.69. The van der Waals surface area contributed by atoms with Gasteiger partial charge in [-0.1, -0.05) is 0 Å². The molecule has 0 aliphatic carbocycles. The first-order valence-corrected chi connectivity index (χ1v) is 4.80. The third-order valence-electron chi connectivity index (χ3n) is 2.18. The molecule has 76 valence electrons. The van der Waals surface area contributed by atoms with Crippen LogP contribution in [-0.2, 0) is 6.54 Å². The molecule has 1 aromatic rings. The molecule has 0 aliphatic heterocycles. The van der Waals surface area contributed by atoms with E-state index in [1.807, 2.05) is 10.8 Å². The monoisotopic (exact) mass is 192 g/mol. The molecule has 0 saturated carbocycles. The number of aryl methyl sites for hydroxylation is 1. The largest absolute Gasteiger partial charge is 0.337 e. The van der Waals surface area contributed by atoms with Crippen LogP contribution in [0.1, 0.15) is 26.2 Å². The second kappa shape index (κ2) is 4.77. The molecule has 0 radical (unpaired) electrons. The first kappa shape index (κ1) is 10.7. The molecule has 14 heavy (non-hydrogen) atoms. The minimum Gasteiger partial charge on any atom is -0.337 e. The summed E-state index contributed by atoms with van der Waals surface area (Å²) in [5, 5.41) is 8.69. The fraction of sp³-hybridized carbons (Fsp3) is 0.600. The van der Waals surface area contributed by atoms with E-state index in [1.165, 1.54) is 0 Å². The zero-order chi connectivity index (χ0) is 10.4. The van der Waals surface area contributed by atoms with E-state index in [0.717, 1.165) is 25.8 Å². The number of nitrogens with two attached hydrogens (primary N) is 1. The van der Waals surface area contributed by atoms with Crippen molar-refractivity contribution < 1.29 is 0 Å². The standard InChI is InChI=1S/C10H16N4/c1-10(12,8-11)4-2-3-6-14-7-5-13-9-14/h5,7,9H,2-4,6,12H2,1H3. The van der Waals surface area contributed by atoms with Crippen molar-refractivity contribution in [1.82, 2.24) is 9.55 Å².